The first kappa shape index (κ1) is 11.3. The lowest BCUT2D eigenvalue weighted by atomic mass is 10.1. The lowest BCUT2D eigenvalue weighted by molar-refractivity contribution is 0.626. The molecular weight excluding hydrogens is 273 g/mol. The van der Waals surface area contributed by atoms with E-state index in [1.807, 2.05) is 18.5 Å². The molecule has 1 aromatic heterocycles. The van der Waals surface area contributed by atoms with E-state index in [1.165, 1.54) is 12.1 Å². The molecule has 5 heteroatoms. The normalized spacial score (nSPS) is 10.8. The fourth-order valence-electron chi connectivity index (χ4n) is 1.59. The Labute approximate surface area is 101 Å². The Bertz CT molecular complexity index is 522. The Morgan fingerprint density at radius 1 is 1.38 bits per heavy atom. The zero-order chi connectivity index (χ0) is 11.7. The van der Waals surface area contributed by atoms with E-state index in [9.17, 15) is 4.39 Å². The summed E-state index contributed by atoms with van der Waals surface area (Å²) in [4.78, 5) is 0. The van der Waals surface area contributed by atoms with Crippen LogP contribution in [0.5, 0.6) is 0 Å². The minimum atomic E-state index is -0.232. The highest BCUT2D eigenvalue weighted by Gasteiger charge is 2.11. The molecule has 16 heavy (non-hydrogen) atoms. The molecule has 0 fully saturated rings. The van der Waals surface area contributed by atoms with Gasteiger partial charge in [-0.3, -0.25) is 0 Å². The van der Waals surface area contributed by atoms with E-state index in [4.69, 9.17) is 0 Å². The molecule has 2 aromatic rings. The molecule has 0 aliphatic rings. The van der Waals surface area contributed by atoms with Crippen LogP contribution in [-0.4, -0.2) is 14.8 Å². The third-order valence-electron chi connectivity index (χ3n) is 2.51. The lowest BCUT2D eigenvalue weighted by Crippen LogP contribution is -1.98. The third-order valence-corrected chi connectivity index (χ3v) is 3.02. The van der Waals surface area contributed by atoms with Crippen LogP contribution in [0.2, 0.25) is 0 Å². The maximum Gasteiger partial charge on any atom is 0.163 e. The molecule has 0 amide bonds. The van der Waals surface area contributed by atoms with Gasteiger partial charge in [0.05, 0.1) is 5.33 Å². The van der Waals surface area contributed by atoms with Crippen LogP contribution in [-0.2, 0) is 12.4 Å². The average molecular weight is 284 g/mol. The first-order valence-corrected chi connectivity index (χ1v) is 5.96. The smallest absolute Gasteiger partial charge is 0.163 e. The number of rotatable bonds is 2. The molecule has 0 saturated heterocycles. The van der Waals surface area contributed by atoms with Crippen LogP contribution in [0.3, 0.4) is 0 Å². The van der Waals surface area contributed by atoms with Crippen LogP contribution in [0, 0.1) is 12.7 Å². The highest BCUT2D eigenvalue weighted by molar-refractivity contribution is 9.08. The molecule has 0 bridgehead atoms. The Balaban J connectivity index is 2.54. The molecule has 0 radical (unpaired) electrons. The molecule has 0 saturated carbocycles. The summed E-state index contributed by atoms with van der Waals surface area (Å²) in [5.74, 6) is 1.37. The van der Waals surface area contributed by atoms with Crippen molar-refractivity contribution in [1.29, 1.82) is 0 Å². The van der Waals surface area contributed by atoms with Gasteiger partial charge in [-0.2, -0.15) is 0 Å². The summed E-state index contributed by atoms with van der Waals surface area (Å²) < 4.78 is 14.9. The molecule has 0 spiro atoms. The molecule has 0 unspecified atom stereocenters. The van der Waals surface area contributed by atoms with Crippen molar-refractivity contribution in [3.63, 3.8) is 0 Å². The van der Waals surface area contributed by atoms with Crippen molar-refractivity contribution in [2.45, 2.75) is 12.3 Å². The van der Waals surface area contributed by atoms with E-state index >= 15 is 0 Å². The Morgan fingerprint density at radius 2 is 2.12 bits per heavy atom. The Hall–Kier alpha value is -1.23. The maximum atomic E-state index is 13.0. The summed E-state index contributed by atoms with van der Waals surface area (Å²) in [6, 6.07) is 4.66. The van der Waals surface area contributed by atoms with Crippen molar-refractivity contribution in [3.05, 3.63) is 35.4 Å². The van der Waals surface area contributed by atoms with Crippen LogP contribution in [0.15, 0.2) is 18.2 Å². The number of benzene rings is 1. The fraction of sp³-hybridized carbons (Fsp3) is 0.273. The van der Waals surface area contributed by atoms with Gasteiger partial charge >= 0.3 is 0 Å². The molecule has 0 aliphatic heterocycles. The number of aryl methyl sites for hydroxylation is 1. The van der Waals surface area contributed by atoms with Crippen molar-refractivity contribution in [2.75, 3.05) is 0 Å². The van der Waals surface area contributed by atoms with E-state index in [-0.39, 0.29) is 5.82 Å². The van der Waals surface area contributed by atoms with Crippen LogP contribution < -0.4 is 0 Å². The van der Waals surface area contributed by atoms with Gasteiger partial charge in [0.25, 0.3) is 0 Å². The second kappa shape index (κ2) is 4.33. The van der Waals surface area contributed by atoms with Crippen LogP contribution >= 0.6 is 15.9 Å². The zero-order valence-electron chi connectivity index (χ0n) is 9.04. The number of alkyl halides is 1. The van der Waals surface area contributed by atoms with Gasteiger partial charge in [-0.15, -0.1) is 10.2 Å². The molecule has 3 nitrogen and oxygen atoms in total. The molecule has 0 aliphatic carbocycles. The van der Waals surface area contributed by atoms with Gasteiger partial charge < -0.3 is 4.57 Å². The summed E-state index contributed by atoms with van der Waals surface area (Å²) in [5, 5.41) is 8.80. The van der Waals surface area contributed by atoms with Gasteiger partial charge in [0.2, 0.25) is 0 Å². The quantitative estimate of drug-likeness (QED) is 0.794. The van der Waals surface area contributed by atoms with Crippen molar-refractivity contribution in [3.8, 4) is 11.4 Å². The third kappa shape index (κ3) is 1.87. The van der Waals surface area contributed by atoms with Gasteiger partial charge in [0.15, 0.2) is 5.82 Å². The van der Waals surface area contributed by atoms with Crippen molar-refractivity contribution < 1.29 is 4.39 Å². The molecule has 1 aromatic carbocycles. The van der Waals surface area contributed by atoms with Crippen molar-refractivity contribution in [1.82, 2.24) is 14.8 Å². The molecule has 0 atom stereocenters. The van der Waals surface area contributed by atoms with Gasteiger partial charge in [0, 0.05) is 12.6 Å². The Kier molecular flexibility index (Phi) is 3.05. The van der Waals surface area contributed by atoms with E-state index in [1.54, 1.807) is 6.07 Å². The van der Waals surface area contributed by atoms with Gasteiger partial charge in [-0.1, -0.05) is 15.9 Å². The van der Waals surface area contributed by atoms with Gasteiger partial charge in [0.1, 0.15) is 11.6 Å². The van der Waals surface area contributed by atoms with E-state index in [0.717, 1.165) is 22.8 Å². The maximum absolute atomic E-state index is 13.0. The monoisotopic (exact) mass is 283 g/mol. The standard InChI is InChI=1S/C11H11BrFN3/c1-7-5-8(13)3-4-9(7)11-15-14-10(6-12)16(11)2/h3-5H,6H2,1-2H3. The number of hydrogen-bond acceptors (Lipinski definition) is 2. The fourth-order valence-corrected chi connectivity index (χ4v) is 2.08. The highest BCUT2D eigenvalue weighted by atomic mass is 79.9. The predicted molar refractivity (Wildman–Crippen MR) is 63.8 cm³/mol. The summed E-state index contributed by atoms with van der Waals surface area (Å²) >= 11 is 3.34. The Morgan fingerprint density at radius 3 is 2.69 bits per heavy atom. The first-order valence-electron chi connectivity index (χ1n) is 4.84. The minimum absolute atomic E-state index is 0.232. The number of halogens is 2. The number of aromatic nitrogens is 3. The predicted octanol–water partition coefficient (Wildman–Crippen LogP) is 2.82. The van der Waals surface area contributed by atoms with Crippen LogP contribution in [0.4, 0.5) is 4.39 Å². The highest BCUT2D eigenvalue weighted by Crippen LogP contribution is 2.22. The topological polar surface area (TPSA) is 30.7 Å². The second-order valence-electron chi connectivity index (χ2n) is 3.59. The molecule has 2 rings (SSSR count). The summed E-state index contributed by atoms with van der Waals surface area (Å²) in [6.07, 6.45) is 0. The molecule has 0 N–H and O–H groups in total. The van der Waals surface area contributed by atoms with E-state index < -0.39 is 0 Å². The van der Waals surface area contributed by atoms with Crippen LogP contribution in [0.1, 0.15) is 11.4 Å². The van der Waals surface area contributed by atoms with Crippen molar-refractivity contribution >= 4 is 15.9 Å². The summed E-state index contributed by atoms with van der Waals surface area (Å²) in [7, 11) is 1.90. The molecular formula is C11H11BrFN3. The first-order chi connectivity index (χ1) is 7.63. The summed E-state index contributed by atoms with van der Waals surface area (Å²) in [6.45, 7) is 1.86. The van der Waals surface area contributed by atoms with E-state index in [2.05, 4.69) is 26.1 Å². The summed E-state index contributed by atoms with van der Waals surface area (Å²) in [5.41, 5.74) is 1.76. The SMILES string of the molecule is Cc1cc(F)ccc1-c1nnc(CBr)n1C. The minimum Gasteiger partial charge on any atom is -0.313 e. The zero-order valence-corrected chi connectivity index (χ0v) is 10.6. The number of hydrogen-bond donors (Lipinski definition) is 0. The molecule has 84 valence electrons. The average Bonchev–Trinajstić information content (AvgIpc) is 2.60. The molecule has 1 heterocycles. The largest absolute Gasteiger partial charge is 0.313 e. The van der Waals surface area contributed by atoms with Gasteiger partial charge in [-0.25, -0.2) is 4.39 Å². The second-order valence-corrected chi connectivity index (χ2v) is 4.15. The van der Waals surface area contributed by atoms with Crippen LogP contribution in [0.25, 0.3) is 11.4 Å². The lowest BCUT2D eigenvalue weighted by Gasteiger charge is -2.05. The van der Waals surface area contributed by atoms with E-state index in [0.29, 0.717) is 5.33 Å². The van der Waals surface area contributed by atoms with Gasteiger partial charge in [-0.05, 0) is 30.7 Å². The number of nitrogens with zero attached hydrogens (tertiary/aromatic N) is 3. The van der Waals surface area contributed by atoms with Crippen molar-refractivity contribution in [2.24, 2.45) is 7.05 Å².